The van der Waals surface area contributed by atoms with E-state index in [-0.39, 0.29) is 6.04 Å². The smallest absolute Gasteiger partial charge is 0.166 e. The van der Waals surface area contributed by atoms with Crippen LogP contribution in [0.2, 0.25) is 0 Å². The third-order valence-electron chi connectivity index (χ3n) is 5.04. The molecule has 1 aliphatic carbocycles. The van der Waals surface area contributed by atoms with E-state index in [4.69, 9.17) is 5.73 Å². The molecule has 0 bridgehead atoms. The van der Waals surface area contributed by atoms with E-state index in [2.05, 4.69) is 49.6 Å². The van der Waals surface area contributed by atoms with Crippen LogP contribution in [0, 0.1) is 0 Å². The first-order valence-corrected chi connectivity index (χ1v) is 9.05. The summed E-state index contributed by atoms with van der Waals surface area (Å²) in [4.78, 5) is 13.2. The second-order valence-corrected chi connectivity index (χ2v) is 6.72. The Kier molecular flexibility index (Phi) is 3.71. The molecule has 134 valence electrons. The predicted octanol–water partition coefficient (Wildman–Crippen LogP) is 3.26. The lowest BCUT2D eigenvalue weighted by atomic mass is 9.88. The monoisotopic (exact) mass is 357 g/mol. The van der Waals surface area contributed by atoms with Crippen molar-refractivity contribution < 1.29 is 0 Å². The molecule has 1 aliphatic rings. The molecule has 0 radical (unpaired) electrons. The Morgan fingerprint density at radius 2 is 2.04 bits per heavy atom. The Morgan fingerprint density at radius 3 is 3.00 bits per heavy atom. The highest BCUT2D eigenvalue weighted by Gasteiger charge is 2.21. The van der Waals surface area contributed by atoms with Gasteiger partial charge in [-0.25, -0.2) is 19.5 Å². The van der Waals surface area contributed by atoms with Crippen LogP contribution in [0.15, 0.2) is 55.1 Å². The summed E-state index contributed by atoms with van der Waals surface area (Å²) >= 11 is 0. The number of hydrogen-bond acceptors (Lipinski definition) is 6. The zero-order valence-electron chi connectivity index (χ0n) is 14.7. The van der Waals surface area contributed by atoms with Gasteiger partial charge in [-0.3, -0.25) is 0 Å². The van der Waals surface area contributed by atoms with Crippen LogP contribution in [0.3, 0.4) is 0 Å². The van der Waals surface area contributed by atoms with Gasteiger partial charge >= 0.3 is 0 Å². The van der Waals surface area contributed by atoms with Gasteiger partial charge in [-0.2, -0.15) is 0 Å². The molecule has 0 saturated carbocycles. The fraction of sp³-hybridized carbons (Fsp3) is 0.200. The molecule has 3 aromatic heterocycles. The van der Waals surface area contributed by atoms with Crippen molar-refractivity contribution in [1.29, 1.82) is 0 Å². The fourth-order valence-corrected chi connectivity index (χ4v) is 3.80. The summed E-state index contributed by atoms with van der Waals surface area (Å²) in [5, 5.41) is 7.88. The molecule has 3 N–H and O–H groups in total. The van der Waals surface area contributed by atoms with Crippen LogP contribution in [0.5, 0.6) is 0 Å². The quantitative estimate of drug-likeness (QED) is 0.584. The summed E-state index contributed by atoms with van der Waals surface area (Å²) in [6, 6.07) is 12.6. The first kappa shape index (κ1) is 15.7. The van der Waals surface area contributed by atoms with Crippen molar-refractivity contribution in [3.63, 3.8) is 0 Å². The number of nitrogens with one attached hydrogen (secondary N) is 1. The first-order chi connectivity index (χ1) is 13.3. The van der Waals surface area contributed by atoms with Gasteiger partial charge in [0.15, 0.2) is 11.5 Å². The van der Waals surface area contributed by atoms with Gasteiger partial charge in [-0.15, -0.1) is 5.10 Å². The highest BCUT2D eigenvalue weighted by atomic mass is 15.3. The van der Waals surface area contributed by atoms with Crippen molar-refractivity contribution in [2.75, 3.05) is 11.1 Å². The van der Waals surface area contributed by atoms with Gasteiger partial charge in [0.2, 0.25) is 0 Å². The molecule has 3 heterocycles. The lowest BCUT2D eigenvalue weighted by Crippen LogP contribution is -2.17. The Morgan fingerprint density at radius 1 is 1.11 bits per heavy atom. The van der Waals surface area contributed by atoms with Crippen LogP contribution in [0.25, 0.3) is 16.9 Å². The molecule has 1 aromatic carbocycles. The molecule has 0 spiro atoms. The molecule has 0 amide bonds. The molecule has 0 aliphatic heterocycles. The Balaban J connectivity index is 1.51. The van der Waals surface area contributed by atoms with Gasteiger partial charge in [0.25, 0.3) is 0 Å². The third kappa shape index (κ3) is 2.77. The largest absolute Gasteiger partial charge is 0.382 e. The lowest BCUT2D eigenvalue weighted by Gasteiger charge is -2.26. The van der Waals surface area contributed by atoms with E-state index in [9.17, 15) is 0 Å². The maximum Gasteiger partial charge on any atom is 0.166 e. The van der Waals surface area contributed by atoms with E-state index >= 15 is 0 Å². The SMILES string of the molecule is Nc1nn2cccnc2c1-c1cc(N[C@H]2CCCc3ccccc32)ncn1. The van der Waals surface area contributed by atoms with E-state index in [1.54, 1.807) is 17.0 Å². The van der Waals surface area contributed by atoms with Crippen LogP contribution in [-0.2, 0) is 6.42 Å². The molecular formula is C20H19N7. The number of benzene rings is 1. The number of hydrogen-bond donors (Lipinski definition) is 2. The van der Waals surface area contributed by atoms with Crippen molar-refractivity contribution >= 4 is 17.3 Å². The topological polar surface area (TPSA) is 94.0 Å². The number of nitrogen functional groups attached to an aromatic ring is 1. The Hall–Kier alpha value is -3.48. The number of anilines is 2. The van der Waals surface area contributed by atoms with Crippen molar-refractivity contribution in [3.8, 4) is 11.3 Å². The molecule has 1 atom stereocenters. The van der Waals surface area contributed by atoms with E-state index in [0.717, 1.165) is 30.6 Å². The molecule has 0 saturated heterocycles. The summed E-state index contributed by atoms with van der Waals surface area (Å²) in [7, 11) is 0. The number of nitrogens with zero attached hydrogens (tertiary/aromatic N) is 5. The molecule has 5 rings (SSSR count). The summed E-state index contributed by atoms with van der Waals surface area (Å²) in [6.45, 7) is 0. The summed E-state index contributed by atoms with van der Waals surface area (Å²) < 4.78 is 1.66. The maximum atomic E-state index is 6.13. The van der Waals surface area contributed by atoms with E-state index < -0.39 is 0 Å². The highest BCUT2D eigenvalue weighted by molar-refractivity contribution is 5.84. The number of aromatic nitrogens is 5. The minimum Gasteiger partial charge on any atom is -0.382 e. The lowest BCUT2D eigenvalue weighted by molar-refractivity contribution is 0.598. The van der Waals surface area contributed by atoms with Gasteiger partial charge < -0.3 is 11.1 Å². The second-order valence-electron chi connectivity index (χ2n) is 6.72. The van der Waals surface area contributed by atoms with Crippen LogP contribution in [0.1, 0.15) is 30.0 Å². The third-order valence-corrected chi connectivity index (χ3v) is 5.04. The summed E-state index contributed by atoms with van der Waals surface area (Å²) in [5.41, 5.74) is 11.0. The maximum absolute atomic E-state index is 6.13. The average Bonchev–Trinajstić information content (AvgIpc) is 3.04. The molecule has 7 nitrogen and oxygen atoms in total. The normalized spacial score (nSPS) is 16.2. The molecule has 0 unspecified atom stereocenters. The highest BCUT2D eigenvalue weighted by Crippen LogP contribution is 2.33. The number of rotatable bonds is 3. The summed E-state index contributed by atoms with van der Waals surface area (Å²) in [5.74, 6) is 1.18. The standard InChI is InChI=1S/C20H19N7/c21-19-18(20-22-9-4-10-27(20)26-19)16-11-17(24-12-23-16)25-15-8-3-6-13-5-1-2-7-14(13)15/h1-2,4-5,7,9-12,15H,3,6,8H2,(H2,21,26)(H,23,24,25)/t15-/m0/s1. The van der Waals surface area contributed by atoms with Gasteiger partial charge in [0, 0.05) is 18.5 Å². The van der Waals surface area contributed by atoms with Gasteiger partial charge in [0.05, 0.1) is 17.3 Å². The van der Waals surface area contributed by atoms with Crippen molar-refractivity contribution in [2.45, 2.75) is 25.3 Å². The van der Waals surface area contributed by atoms with Gasteiger partial charge in [-0.1, -0.05) is 24.3 Å². The van der Waals surface area contributed by atoms with Crippen molar-refractivity contribution in [1.82, 2.24) is 24.6 Å². The second kappa shape index (κ2) is 6.35. The molecule has 4 aromatic rings. The van der Waals surface area contributed by atoms with E-state index in [1.807, 2.05) is 18.3 Å². The minimum absolute atomic E-state index is 0.247. The van der Waals surface area contributed by atoms with E-state index in [0.29, 0.717) is 17.2 Å². The van der Waals surface area contributed by atoms with Gasteiger partial charge in [0.1, 0.15) is 12.1 Å². The zero-order chi connectivity index (χ0) is 18.2. The molecule has 7 heteroatoms. The van der Waals surface area contributed by atoms with Gasteiger partial charge in [-0.05, 0) is 36.5 Å². The molecule has 0 fully saturated rings. The molecular weight excluding hydrogens is 338 g/mol. The van der Waals surface area contributed by atoms with Crippen LogP contribution in [-0.4, -0.2) is 24.6 Å². The zero-order valence-corrected chi connectivity index (χ0v) is 14.7. The van der Waals surface area contributed by atoms with Crippen LogP contribution < -0.4 is 11.1 Å². The predicted molar refractivity (Wildman–Crippen MR) is 104 cm³/mol. The number of nitrogens with two attached hydrogens (primary N) is 1. The minimum atomic E-state index is 0.247. The van der Waals surface area contributed by atoms with Crippen molar-refractivity contribution in [2.24, 2.45) is 0 Å². The van der Waals surface area contributed by atoms with Crippen molar-refractivity contribution in [3.05, 3.63) is 66.2 Å². The van der Waals surface area contributed by atoms with Crippen LogP contribution >= 0.6 is 0 Å². The van der Waals surface area contributed by atoms with E-state index in [1.165, 1.54) is 11.1 Å². The fourth-order valence-electron chi connectivity index (χ4n) is 3.80. The number of aryl methyl sites for hydroxylation is 1. The first-order valence-electron chi connectivity index (χ1n) is 9.05. The summed E-state index contributed by atoms with van der Waals surface area (Å²) in [6.07, 6.45) is 8.47. The Bertz CT molecular complexity index is 1120. The average molecular weight is 357 g/mol. The van der Waals surface area contributed by atoms with Crippen LogP contribution in [0.4, 0.5) is 11.6 Å². The number of fused-ring (bicyclic) bond motifs is 2. The Labute approximate surface area is 156 Å². The molecule has 27 heavy (non-hydrogen) atoms.